The Labute approximate surface area is 332 Å². The van der Waals surface area contributed by atoms with Crippen molar-refractivity contribution in [2.75, 3.05) is 26.8 Å². The minimum Gasteiger partial charge on any atom is -0.468 e. The average Bonchev–Trinajstić information content (AvgIpc) is 3.72. The number of benzene rings is 2. The molecule has 0 N–H and O–H groups in total. The van der Waals surface area contributed by atoms with E-state index in [1.807, 2.05) is 99.7 Å². The molecule has 3 heterocycles. The van der Waals surface area contributed by atoms with Gasteiger partial charge in [0.2, 0.25) is 0 Å². The summed E-state index contributed by atoms with van der Waals surface area (Å²) in [5.41, 5.74) is -0.0739. The molecule has 0 amide bonds. The lowest BCUT2D eigenvalue weighted by molar-refractivity contribution is 0.00578. The Balaban J connectivity index is 0.000000252. The SMILES string of the molecule is Cn1ccnc1Oc1ccc(B2OC(C)(C)C(C)(C)O2)c(OCOCC[Si](C)(C)C)c1.Cn1ccnc1Oc1ccc(Br)c(OCOCC[Si](C)(C)C)c1. The number of rotatable bonds is 17. The summed E-state index contributed by atoms with van der Waals surface area (Å²) in [4.78, 5) is 8.36. The molecule has 2 aromatic carbocycles. The second kappa shape index (κ2) is 18.7. The average molecular weight is 846 g/mol. The van der Waals surface area contributed by atoms with Crippen molar-refractivity contribution in [3.63, 3.8) is 0 Å². The third-order valence-electron chi connectivity index (χ3n) is 8.96. The van der Waals surface area contributed by atoms with E-state index in [-0.39, 0.29) is 13.6 Å². The summed E-state index contributed by atoms with van der Waals surface area (Å²) in [5, 5.41) is 0. The number of hydrogen-bond donors (Lipinski definition) is 0. The van der Waals surface area contributed by atoms with Crippen LogP contribution in [-0.4, -0.2) is 80.4 Å². The van der Waals surface area contributed by atoms with Gasteiger partial charge in [0, 0.05) is 85.8 Å². The van der Waals surface area contributed by atoms with Crippen molar-refractivity contribution in [1.82, 2.24) is 19.1 Å². The van der Waals surface area contributed by atoms with Crippen LogP contribution in [0, 0.1) is 0 Å². The molecule has 0 bridgehead atoms. The third-order valence-corrected chi connectivity index (χ3v) is 13.0. The fourth-order valence-electron chi connectivity index (χ4n) is 4.72. The lowest BCUT2D eigenvalue weighted by atomic mass is 9.78. The Bertz CT molecular complexity index is 1780. The summed E-state index contributed by atoms with van der Waals surface area (Å²) >= 11 is 3.47. The number of ether oxygens (including phenoxy) is 6. The molecule has 16 heteroatoms. The van der Waals surface area contributed by atoms with E-state index in [1.165, 1.54) is 0 Å². The first-order valence-corrected chi connectivity index (χ1v) is 26.4. The Hall–Kier alpha value is -3.12. The summed E-state index contributed by atoms with van der Waals surface area (Å²) in [7, 11) is 1.00. The summed E-state index contributed by atoms with van der Waals surface area (Å²) in [6.07, 6.45) is 7.05. The number of imidazole rings is 2. The monoisotopic (exact) mass is 844 g/mol. The van der Waals surface area contributed by atoms with Gasteiger partial charge in [0.1, 0.15) is 23.0 Å². The number of aromatic nitrogens is 4. The zero-order valence-electron chi connectivity index (χ0n) is 34.0. The standard InChI is InChI=1S/C22H35BN2O5Si.C16H23BrN2O3Si/c1-21(2)22(3,4)30-23(29-21)18-10-9-17(28-20-24-11-12-25(20)5)15-19(18)27-16-26-13-14-31(6,7)8;1-19-8-7-18-16(19)22-13-5-6-14(17)15(11-13)21-12-20-9-10-23(2,3)4/h9-12,15H,13-14,16H2,1-8H3;5-8,11H,9-10,12H2,1-4H3. The van der Waals surface area contributed by atoms with Crippen molar-refractivity contribution in [3.8, 4) is 35.0 Å². The number of aryl methyl sites for hydroxylation is 2. The Kier molecular flexibility index (Phi) is 15.1. The van der Waals surface area contributed by atoms with Gasteiger partial charge in [0.15, 0.2) is 13.6 Å². The zero-order valence-corrected chi connectivity index (χ0v) is 37.6. The van der Waals surface area contributed by atoms with Gasteiger partial charge >= 0.3 is 19.1 Å². The zero-order chi connectivity index (χ0) is 39.7. The molecule has 0 atom stereocenters. The molecular weight excluding hydrogens is 787 g/mol. The largest absolute Gasteiger partial charge is 0.498 e. The van der Waals surface area contributed by atoms with Crippen molar-refractivity contribution in [2.45, 2.75) is 90.3 Å². The second-order valence-corrected chi connectivity index (χ2v) is 28.8. The number of halogens is 1. The van der Waals surface area contributed by atoms with Gasteiger partial charge in [-0.2, -0.15) is 0 Å². The van der Waals surface area contributed by atoms with Crippen LogP contribution in [0.3, 0.4) is 0 Å². The van der Waals surface area contributed by atoms with Crippen molar-refractivity contribution < 1.29 is 37.7 Å². The fourth-order valence-corrected chi connectivity index (χ4v) is 6.60. The van der Waals surface area contributed by atoms with Crippen LogP contribution < -0.4 is 24.4 Å². The summed E-state index contributed by atoms with van der Waals surface area (Å²) in [5.74, 6) is 2.58. The quantitative estimate of drug-likeness (QED) is 0.0581. The first-order chi connectivity index (χ1) is 25.2. The molecule has 0 radical (unpaired) electrons. The van der Waals surface area contributed by atoms with Crippen LogP contribution in [0.15, 0.2) is 65.7 Å². The van der Waals surface area contributed by atoms with Crippen molar-refractivity contribution in [1.29, 1.82) is 0 Å². The third kappa shape index (κ3) is 13.3. The lowest BCUT2D eigenvalue weighted by Crippen LogP contribution is -2.41. The van der Waals surface area contributed by atoms with Crippen LogP contribution in [0.25, 0.3) is 0 Å². The molecule has 1 aliphatic heterocycles. The summed E-state index contributed by atoms with van der Waals surface area (Å²) in [6, 6.07) is 14.4. The Morgan fingerprint density at radius 1 is 0.685 bits per heavy atom. The van der Waals surface area contributed by atoms with Crippen LogP contribution >= 0.6 is 15.9 Å². The highest BCUT2D eigenvalue weighted by atomic mass is 79.9. The highest BCUT2D eigenvalue weighted by Crippen LogP contribution is 2.38. The molecule has 0 unspecified atom stereocenters. The van der Waals surface area contributed by atoms with Gasteiger partial charge in [-0.3, -0.25) is 0 Å². The van der Waals surface area contributed by atoms with Crippen LogP contribution in [0.1, 0.15) is 27.7 Å². The Morgan fingerprint density at radius 3 is 1.57 bits per heavy atom. The summed E-state index contributed by atoms with van der Waals surface area (Å²) < 4.78 is 51.6. The molecule has 54 heavy (non-hydrogen) atoms. The smallest absolute Gasteiger partial charge is 0.468 e. The first-order valence-electron chi connectivity index (χ1n) is 18.2. The van der Waals surface area contributed by atoms with Crippen LogP contribution in [0.4, 0.5) is 0 Å². The van der Waals surface area contributed by atoms with Crippen molar-refractivity contribution in [3.05, 3.63) is 65.7 Å². The number of nitrogens with zero attached hydrogens (tertiary/aromatic N) is 4. The second-order valence-electron chi connectivity index (χ2n) is 16.7. The van der Waals surface area contributed by atoms with Gasteiger partial charge in [-0.1, -0.05) is 45.3 Å². The minimum absolute atomic E-state index is 0.156. The maximum Gasteiger partial charge on any atom is 0.498 e. The molecular formula is C38H58BBrN4O8Si2. The Morgan fingerprint density at radius 2 is 1.13 bits per heavy atom. The van der Waals surface area contributed by atoms with Gasteiger partial charge in [-0.05, 0) is 73.9 Å². The van der Waals surface area contributed by atoms with Gasteiger partial charge in [-0.15, -0.1) is 0 Å². The minimum atomic E-state index is -1.15. The molecule has 1 fully saturated rings. The van der Waals surface area contributed by atoms with E-state index in [0.717, 1.165) is 28.6 Å². The first kappa shape index (κ1) is 43.6. The van der Waals surface area contributed by atoms with E-state index in [0.29, 0.717) is 41.6 Å². The maximum atomic E-state index is 6.23. The van der Waals surface area contributed by atoms with Crippen molar-refractivity contribution >= 4 is 44.7 Å². The predicted octanol–water partition coefficient (Wildman–Crippen LogP) is 8.87. The van der Waals surface area contributed by atoms with E-state index >= 15 is 0 Å². The molecule has 2 aromatic heterocycles. The van der Waals surface area contributed by atoms with Gasteiger partial charge in [0.05, 0.1) is 15.7 Å². The molecule has 0 aliphatic carbocycles. The van der Waals surface area contributed by atoms with Crippen LogP contribution in [-0.2, 0) is 32.9 Å². The molecule has 0 spiro atoms. The predicted molar refractivity (Wildman–Crippen MR) is 222 cm³/mol. The van der Waals surface area contributed by atoms with Crippen LogP contribution in [0.5, 0.6) is 35.0 Å². The fraction of sp³-hybridized carbons (Fsp3) is 0.526. The van der Waals surface area contributed by atoms with E-state index in [9.17, 15) is 0 Å². The molecule has 5 rings (SSSR count). The molecule has 1 saturated heterocycles. The topological polar surface area (TPSA) is 109 Å². The van der Waals surface area contributed by atoms with E-state index < -0.39 is 34.5 Å². The molecule has 12 nitrogen and oxygen atoms in total. The normalized spacial score (nSPS) is 15.1. The van der Waals surface area contributed by atoms with Gasteiger partial charge in [-0.25, -0.2) is 9.97 Å². The van der Waals surface area contributed by atoms with Crippen molar-refractivity contribution in [2.24, 2.45) is 14.1 Å². The summed E-state index contributed by atoms with van der Waals surface area (Å²) in [6.45, 7) is 23.9. The lowest BCUT2D eigenvalue weighted by Gasteiger charge is -2.32. The number of hydrogen-bond acceptors (Lipinski definition) is 10. The van der Waals surface area contributed by atoms with E-state index in [4.69, 9.17) is 37.7 Å². The molecule has 296 valence electrons. The maximum absolute atomic E-state index is 6.23. The van der Waals surface area contributed by atoms with Crippen LogP contribution in [0.2, 0.25) is 51.4 Å². The van der Waals surface area contributed by atoms with E-state index in [2.05, 4.69) is 65.2 Å². The highest BCUT2D eigenvalue weighted by Gasteiger charge is 2.52. The highest BCUT2D eigenvalue weighted by molar-refractivity contribution is 9.10. The molecule has 0 saturated carbocycles. The molecule has 4 aromatic rings. The van der Waals surface area contributed by atoms with Gasteiger partial charge in [0.25, 0.3) is 0 Å². The molecule has 1 aliphatic rings. The van der Waals surface area contributed by atoms with Gasteiger partial charge < -0.3 is 46.9 Å². The van der Waals surface area contributed by atoms with E-state index in [1.54, 1.807) is 12.4 Å².